The number of carbonyl (C=O) groups excluding carboxylic acids is 1. The number of halogens is 1. The van der Waals surface area contributed by atoms with Crippen molar-refractivity contribution in [3.05, 3.63) is 65.5 Å². The Kier molecular flexibility index (Phi) is 8.08. The summed E-state index contributed by atoms with van der Waals surface area (Å²) in [5.41, 5.74) is 1.93. The van der Waals surface area contributed by atoms with Crippen molar-refractivity contribution in [3.8, 4) is 5.75 Å². The maximum Gasteiger partial charge on any atom is 0.318 e. The highest BCUT2D eigenvalue weighted by atomic mass is 19.1. The summed E-state index contributed by atoms with van der Waals surface area (Å²) in [6.45, 7) is 7.43. The smallest absolute Gasteiger partial charge is 0.318 e. The minimum absolute atomic E-state index is 0.117. The summed E-state index contributed by atoms with van der Waals surface area (Å²) >= 11 is 0. The third-order valence-corrected chi connectivity index (χ3v) is 5.13. The zero-order chi connectivity index (χ0) is 21.3. The van der Waals surface area contributed by atoms with E-state index in [9.17, 15) is 9.18 Å². The Morgan fingerprint density at radius 3 is 2.50 bits per heavy atom. The Labute approximate surface area is 178 Å². The Balaban J connectivity index is 1.57. The number of amides is 2. The summed E-state index contributed by atoms with van der Waals surface area (Å²) < 4.78 is 18.9. The number of rotatable bonds is 9. The number of nitrogens with one attached hydrogen (secondary N) is 2. The predicted octanol–water partition coefficient (Wildman–Crippen LogP) is 4.32. The molecule has 162 valence electrons. The number of urea groups is 1. The highest BCUT2D eigenvalue weighted by Crippen LogP contribution is 2.14. The van der Waals surface area contributed by atoms with Crippen molar-refractivity contribution < 1.29 is 13.9 Å². The van der Waals surface area contributed by atoms with Crippen LogP contribution < -0.4 is 15.4 Å². The zero-order valence-electron chi connectivity index (χ0n) is 17.9. The first-order valence-electron chi connectivity index (χ1n) is 10.7. The van der Waals surface area contributed by atoms with Gasteiger partial charge in [-0.2, -0.15) is 0 Å². The third kappa shape index (κ3) is 7.02. The first kappa shape index (κ1) is 22.1. The second kappa shape index (κ2) is 11.0. The molecular weight excluding hydrogens is 381 g/mol. The van der Waals surface area contributed by atoms with Crippen LogP contribution in [0.1, 0.15) is 37.8 Å². The standard InChI is InChI=1S/C24H32FN3O2/c1-18(2)17-30-23-11-7-19(8-12-23)14-27-24(29)28(16-22-4-3-13-26-22)15-20-5-9-21(25)10-6-20/h5-12,18,22,26H,3-4,13-17H2,1-2H3,(H,27,29). The van der Waals surface area contributed by atoms with E-state index in [0.29, 0.717) is 38.2 Å². The number of carbonyl (C=O) groups is 1. The van der Waals surface area contributed by atoms with Crippen LogP contribution >= 0.6 is 0 Å². The lowest BCUT2D eigenvalue weighted by Gasteiger charge is -2.26. The van der Waals surface area contributed by atoms with E-state index in [2.05, 4.69) is 24.5 Å². The van der Waals surface area contributed by atoms with Gasteiger partial charge in [0.05, 0.1) is 6.61 Å². The topological polar surface area (TPSA) is 53.6 Å². The first-order chi connectivity index (χ1) is 14.5. The van der Waals surface area contributed by atoms with E-state index in [1.54, 1.807) is 17.0 Å². The Morgan fingerprint density at radius 2 is 1.87 bits per heavy atom. The molecule has 1 saturated heterocycles. The zero-order valence-corrected chi connectivity index (χ0v) is 17.9. The van der Waals surface area contributed by atoms with Gasteiger partial charge in [0.15, 0.2) is 0 Å². The summed E-state index contributed by atoms with van der Waals surface area (Å²) in [5.74, 6) is 1.04. The lowest BCUT2D eigenvalue weighted by Crippen LogP contribution is -2.45. The predicted molar refractivity (Wildman–Crippen MR) is 117 cm³/mol. The van der Waals surface area contributed by atoms with Crippen LogP contribution in [0.5, 0.6) is 5.75 Å². The van der Waals surface area contributed by atoms with Crippen molar-refractivity contribution in [1.82, 2.24) is 15.5 Å². The van der Waals surface area contributed by atoms with E-state index < -0.39 is 0 Å². The van der Waals surface area contributed by atoms with Crippen LogP contribution in [0.25, 0.3) is 0 Å². The van der Waals surface area contributed by atoms with Crippen molar-refractivity contribution >= 4 is 6.03 Å². The third-order valence-electron chi connectivity index (χ3n) is 5.13. The Bertz CT molecular complexity index is 787. The second-order valence-electron chi connectivity index (χ2n) is 8.31. The van der Waals surface area contributed by atoms with Crippen molar-refractivity contribution in [1.29, 1.82) is 0 Å². The SMILES string of the molecule is CC(C)COc1ccc(CNC(=O)N(Cc2ccc(F)cc2)CC2CCCN2)cc1. The molecule has 1 unspecified atom stereocenters. The molecule has 0 aromatic heterocycles. The van der Waals surface area contributed by atoms with E-state index in [-0.39, 0.29) is 11.8 Å². The molecule has 1 aliphatic heterocycles. The molecule has 1 aliphatic rings. The molecule has 0 bridgehead atoms. The summed E-state index contributed by atoms with van der Waals surface area (Å²) in [5, 5.41) is 6.46. The Morgan fingerprint density at radius 1 is 1.17 bits per heavy atom. The monoisotopic (exact) mass is 413 g/mol. The van der Waals surface area contributed by atoms with Crippen LogP contribution in [0, 0.1) is 11.7 Å². The molecule has 0 radical (unpaired) electrons. The summed E-state index contributed by atoms with van der Waals surface area (Å²) in [6, 6.07) is 14.3. The molecule has 6 heteroatoms. The molecular formula is C24H32FN3O2. The maximum absolute atomic E-state index is 13.2. The van der Waals surface area contributed by atoms with Gasteiger partial charge in [0, 0.05) is 25.7 Å². The van der Waals surface area contributed by atoms with Crippen molar-refractivity contribution in [3.63, 3.8) is 0 Å². The summed E-state index contributed by atoms with van der Waals surface area (Å²) in [7, 11) is 0. The molecule has 0 aliphatic carbocycles. The van der Waals surface area contributed by atoms with Crippen LogP contribution in [0.2, 0.25) is 0 Å². The van der Waals surface area contributed by atoms with Gasteiger partial charge in [-0.05, 0) is 60.7 Å². The molecule has 1 fully saturated rings. The van der Waals surface area contributed by atoms with Gasteiger partial charge >= 0.3 is 6.03 Å². The number of nitrogens with zero attached hydrogens (tertiary/aromatic N) is 1. The second-order valence-corrected chi connectivity index (χ2v) is 8.31. The normalized spacial score (nSPS) is 15.9. The van der Waals surface area contributed by atoms with Crippen LogP contribution in [0.3, 0.4) is 0 Å². The number of hydrogen-bond donors (Lipinski definition) is 2. The van der Waals surface area contributed by atoms with Crippen LogP contribution in [0.15, 0.2) is 48.5 Å². The lowest BCUT2D eigenvalue weighted by molar-refractivity contribution is 0.189. The van der Waals surface area contributed by atoms with Crippen molar-refractivity contribution in [2.45, 2.75) is 45.8 Å². The van der Waals surface area contributed by atoms with E-state index in [0.717, 1.165) is 36.3 Å². The van der Waals surface area contributed by atoms with Gasteiger partial charge in [0.25, 0.3) is 0 Å². The van der Waals surface area contributed by atoms with Gasteiger partial charge in [-0.25, -0.2) is 9.18 Å². The average Bonchev–Trinajstić information content (AvgIpc) is 3.25. The van der Waals surface area contributed by atoms with Gasteiger partial charge in [-0.1, -0.05) is 38.1 Å². The minimum atomic E-state index is -0.270. The molecule has 30 heavy (non-hydrogen) atoms. The molecule has 1 atom stereocenters. The van der Waals surface area contributed by atoms with Gasteiger partial charge in [0.2, 0.25) is 0 Å². The van der Waals surface area contributed by atoms with Gasteiger partial charge < -0.3 is 20.3 Å². The fourth-order valence-electron chi connectivity index (χ4n) is 3.46. The molecule has 0 saturated carbocycles. The van der Waals surface area contributed by atoms with Gasteiger partial charge in [-0.15, -0.1) is 0 Å². The number of hydrogen-bond acceptors (Lipinski definition) is 3. The fourth-order valence-corrected chi connectivity index (χ4v) is 3.46. The quantitative estimate of drug-likeness (QED) is 0.644. The number of benzene rings is 2. The van der Waals surface area contributed by atoms with Crippen LogP contribution in [-0.2, 0) is 13.1 Å². The minimum Gasteiger partial charge on any atom is -0.493 e. The van der Waals surface area contributed by atoms with Crippen LogP contribution in [-0.4, -0.2) is 36.7 Å². The molecule has 2 amide bonds. The average molecular weight is 414 g/mol. The summed E-state index contributed by atoms with van der Waals surface area (Å²) in [4.78, 5) is 14.7. The van der Waals surface area contributed by atoms with E-state index in [4.69, 9.17) is 4.74 Å². The molecule has 1 heterocycles. The highest BCUT2D eigenvalue weighted by Gasteiger charge is 2.21. The lowest BCUT2D eigenvalue weighted by atomic mass is 10.1. The highest BCUT2D eigenvalue weighted by molar-refractivity contribution is 5.74. The molecule has 5 nitrogen and oxygen atoms in total. The molecule has 2 aromatic rings. The summed E-state index contributed by atoms with van der Waals surface area (Å²) in [6.07, 6.45) is 2.19. The van der Waals surface area contributed by atoms with Crippen molar-refractivity contribution in [2.75, 3.05) is 19.7 Å². The molecule has 3 rings (SSSR count). The maximum atomic E-state index is 13.2. The van der Waals surface area contributed by atoms with Gasteiger partial charge in [-0.3, -0.25) is 0 Å². The first-order valence-corrected chi connectivity index (χ1v) is 10.7. The number of ether oxygens (including phenoxy) is 1. The van der Waals surface area contributed by atoms with Crippen molar-refractivity contribution in [2.24, 2.45) is 5.92 Å². The molecule has 2 N–H and O–H groups in total. The van der Waals surface area contributed by atoms with Gasteiger partial charge in [0.1, 0.15) is 11.6 Å². The fraction of sp³-hybridized carbons (Fsp3) is 0.458. The van der Waals surface area contributed by atoms with E-state index in [1.165, 1.54) is 12.1 Å². The molecule has 2 aromatic carbocycles. The Hall–Kier alpha value is -2.60. The van der Waals surface area contributed by atoms with E-state index in [1.807, 2.05) is 24.3 Å². The largest absolute Gasteiger partial charge is 0.493 e. The van der Waals surface area contributed by atoms with Crippen LogP contribution in [0.4, 0.5) is 9.18 Å². The van der Waals surface area contributed by atoms with E-state index >= 15 is 0 Å². The molecule has 0 spiro atoms.